The smallest absolute Gasteiger partial charge is 0.411 e. The predicted molar refractivity (Wildman–Crippen MR) is 85.2 cm³/mol. The molecule has 6 nitrogen and oxygen atoms in total. The Morgan fingerprint density at radius 2 is 1.90 bits per heavy atom. The van der Waals surface area contributed by atoms with Gasteiger partial charge in [-0.2, -0.15) is 0 Å². The topological polar surface area (TPSA) is 87.1 Å². The first-order chi connectivity index (χ1) is 9.53. The minimum Gasteiger partial charge on any atom is -0.507 e. The molecule has 0 saturated heterocycles. The first-order valence-corrected chi connectivity index (χ1v) is 7.28. The van der Waals surface area contributed by atoms with Gasteiger partial charge >= 0.3 is 12.1 Å². The molecule has 0 aliphatic carbocycles. The normalized spacial score (nSPS) is 12.6. The van der Waals surface area contributed by atoms with Gasteiger partial charge in [0.05, 0.1) is 3.57 Å². The van der Waals surface area contributed by atoms with Gasteiger partial charge in [-0.15, -0.1) is 0 Å². The monoisotopic (exact) mass is 407 g/mol. The number of aliphatic carboxylic acids is 1. The molecule has 1 aromatic carbocycles. The van der Waals surface area contributed by atoms with Gasteiger partial charge < -0.3 is 14.9 Å². The number of ether oxygens (including phenoxy) is 1. The molecule has 0 spiro atoms. The molecule has 0 radical (unpaired) electrons. The zero-order valence-corrected chi connectivity index (χ0v) is 14.4. The number of hydrogen-bond donors (Lipinski definition) is 2. The Bertz CT molecular complexity index is 553. The van der Waals surface area contributed by atoms with Crippen molar-refractivity contribution in [2.24, 2.45) is 0 Å². The Hall–Kier alpha value is -1.51. The van der Waals surface area contributed by atoms with Gasteiger partial charge in [0.2, 0.25) is 0 Å². The van der Waals surface area contributed by atoms with Crippen molar-refractivity contribution < 1.29 is 24.5 Å². The second kappa shape index (κ2) is 6.50. The second-order valence-corrected chi connectivity index (χ2v) is 6.71. The molecule has 7 heteroatoms. The molecule has 0 aliphatic heterocycles. The van der Waals surface area contributed by atoms with E-state index in [1.165, 1.54) is 25.2 Å². The van der Waals surface area contributed by atoms with E-state index in [9.17, 15) is 19.8 Å². The first-order valence-electron chi connectivity index (χ1n) is 6.20. The van der Waals surface area contributed by atoms with E-state index in [2.05, 4.69) is 0 Å². The molecule has 1 rings (SSSR count). The van der Waals surface area contributed by atoms with Crippen LogP contribution in [0.5, 0.6) is 5.75 Å². The van der Waals surface area contributed by atoms with Gasteiger partial charge in [-0.25, -0.2) is 9.59 Å². The van der Waals surface area contributed by atoms with Crippen molar-refractivity contribution in [3.05, 3.63) is 27.3 Å². The van der Waals surface area contributed by atoms with Gasteiger partial charge in [-0.1, -0.05) is 6.07 Å². The van der Waals surface area contributed by atoms with Crippen LogP contribution in [0.2, 0.25) is 0 Å². The highest BCUT2D eigenvalue weighted by Crippen LogP contribution is 2.27. The van der Waals surface area contributed by atoms with Crippen LogP contribution in [0.25, 0.3) is 0 Å². The summed E-state index contributed by atoms with van der Waals surface area (Å²) in [5.41, 5.74) is -0.323. The van der Waals surface area contributed by atoms with E-state index in [1.54, 1.807) is 20.8 Å². The summed E-state index contributed by atoms with van der Waals surface area (Å²) in [6.07, 6.45) is -0.724. The summed E-state index contributed by atoms with van der Waals surface area (Å²) in [4.78, 5) is 24.5. The SMILES string of the molecule is CN(C(=O)OC(C)(C)C)[C@H](C(=O)O)c1ccc(O)c(I)c1. The third kappa shape index (κ3) is 4.76. The van der Waals surface area contributed by atoms with Gasteiger partial charge in [0.25, 0.3) is 0 Å². The lowest BCUT2D eigenvalue weighted by molar-refractivity contribution is -0.142. The largest absolute Gasteiger partial charge is 0.507 e. The highest BCUT2D eigenvalue weighted by molar-refractivity contribution is 14.1. The van der Waals surface area contributed by atoms with Gasteiger partial charge in [0.1, 0.15) is 11.4 Å². The molecular weight excluding hydrogens is 389 g/mol. The third-order valence-electron chi connectivity index (χ3n) is 2.59. The van der Waals surface area contributed by atoms with E-state index in [0.717, 1.165) is 4.90 Å². The fraction of sp³-hybridized carbons (Fsp3) is 0.429. The lowest BCUT2D eigenvalue weighted by Gasteiger charge is -2.28. The summed E-state index contributed by atoms with van der Waals surface area (Å²) in [6.45, 7) is 5.12. The van der Waals surface area contributed by atoms with Crippen LogP contribution in [-0.2, 0) is 9.53 Å². The third-order valence-corrected chi connectivity index (χ3v) is 3.45. The molecule has 21 heavy (non-hydrogen) atoms. The average Bonchev–Trinajstić information content (AvgIpc) is 2.31. The Kier molecular flexibility index (Phi) is 5.43. The van der Waals surface area contributed by atoms with Gasteiger partial charge in [-0.3, -0.25) is 4.90 Å². The van der Waals surface area contributed by atoms with Crippen LogP contribution >= 0.6 is 22.6 Å². The van der Waals surface area contributed by atoms with Crippen LogP contribution in [0.3, 0.4) is 0 Å². The summed E-state index contributed by atoms with van der Waals surface area (Å²) in [7, 11) is 1.37. The fourth-order valence-electron chi connectivity index (χ4n) is 1.66. The molecule has 0 aliphatic rings. The number of benzene rings is 1. The standard InChI is InChI=1S/C14H18INO5/c1-14(2,3)21-13(20)16(4)11(12(18)19)8-5-6-10(17)9(15)7-8/h5-7,11,17H,1-4H3,(H,18,19)/t11-/m0/s1. The van der Waals surface area contributed by atoms with Crippen molar-refractivity contribution >= 4 is 34.7 Å². The summed E-state index contributed by atoms with van der Waals surface area (Å²) < 4.78 is 5.69. The maximum absolute atomic E-state index is 12.0. The van der Waals surface area contributed by atoms with Crippen molar-refractivity contribution in [2.75, 3.05) is 7.05 Å². The number of carbonyl (C=O) groups is 2. The molecule has 0 heterocycles. The zero-order chi connectivity index (χ0) is 16.4. The number of carboxylic acids is 1. The number of likely N-dealkylation sites (N-methyl/N-ethyl adjacent to an activating group) is 1. The molecule has 0 fully saturated rings. The molecule has 0 bridgehead atoms. The van der Waals surface area contributed by atoms with Crippen molar-refractivity contribution in [3.63, 3.8) is 0 Å². The molecule has 116 valence electrons. The predicted octanol–water partition coefficient (Wildman–Crippen LogP) is 2.99. The Balaban J connectivity index is 3.09. The van der Waals surface area contributed by atoms with E-state index in [4.69, 9.17) is 4.74 Å². The van der Waals surface area contributed by atoms with Crippen LogP contribution in [0.4, 0.5) is 4.79 Å². The minimum atomic E-state index is -1.19. The van der Waals surface area contributed by atoms with E-state index < -0.39 is 23.7 Å². The number of hydrogen-bond acceptors (Lipinski definition) is 4. The van der Waals surface area contributed by atoms with Crippen LogP contribution in [0.15, 0.2) is 18.2 Å². The molecule has 0 saturated carbocycles. The number of rotatable bonds is 3. The highest BCUT2D eigenvalue weighted by Gasteiger charge is 2.31. The molecule has 1 aromatic rings. The number of carbonyl (C=O) groups excluding carboxylic acids is 1. The Morgan fingerprint density at radius 3 is 2.33 bits per heavy atom. The minimum absolute atomic E-state index is 0.0587. The zero-order valence-electron chi connectivity index (χ0n) is 12.3. The highest BCUT2D eigenvalue weighted by atomic mass is 127. The fourth-order valence-corrected chi connectivity index (χ4v) is 2.20. The quantitative estimate of drug-likeness (QED) is 0.753. The number of aromatic hydroxyl groups is 1. The molecule has 0 unspecified atom stereocenters. The van der Waals surface area contributed by atoms with Crippen molar-refractivity contribution in [1.29, 1.82) is 0 Å². The molecule has 1 atom stereocenters. The number of phenols is 1. The first kappa shape index (κ1) is 17.5. The maximum Gasteiger partial charge on any atom is 0.411 e. The molecule has 1 amide bonds. The summed E-state index contributed by atoms with van der Waals surface area (Å²) in [5, 5.41) is 18.9. The van der Waals surface area contributed by atoms with Gasteiger partial charge in [-0.05, 0) is 61.1 Å². The lowest BCUT2D eigenvalue weighted by atomic mass is 10.1. The maximum atomic E-state index is 12.0. The van der Waals surface area contributed by atoms with Gasteiger partial charge in [0.15, 0.2) is 6.04 Å². The molecule has 2 N–H and O–H groups in total. The summed E-state index contributed by atoms with van der Waals surface area (Å²) in [5.74, 6) is -1.12. The van der Waals surface area contributed by atoms with Crippen LogP contribution in [0, 0.1) is 3.57 Å². The summed E-state index contributed by atoms with van der Waals surface area (Å²) >= 11 is 1.89. The molecular formula is C14H18INO5. The average molecular weight is 407 g/mol. The van der Waals surface area contributed by atoms with Crippen LogP contribution < -0.4 is 0 Å². The number of halogens is 1. The lowest BCUT2D eigenvalue weighted by Crippen LogP contribution is -2.39. The Labute approximate surface area is 136 Å². The van der Waals surface area contributed by atoms with Crippen molar-refractivity contribution in [2.45, 2.75) is 32.4 Å². The van der Waals surface area contributed by atoms with Gasteiger partial charge in [0, 0.05) is 7.05 Å². The van der Waals surface area contributed by atoms with E-state index in [-0.39, 0.29) is 5.75 Å². The van der Waals surface area contributed by atoms with Crippen LogP contribution in [-0.4, -0.2) is 39.8 Å². The van der Waals surface area contributed by atoms with E-state index in [0.29, 0.717) is 9.13 Å². The molecule has 0 aromatic heterocycles. The Morgan fingerprint density at radius 1 is 1.33 bits per heavy atom. The van der Waals surface area contributed by atoms with E-state index >= 15 is 0 Å². The number of phenolic OH excluding ortho intramolecular Hbond substituents is 1. The second-order valence-electron chi connectivity index (χ2n) is 5.54. The number of carboxylic acid groups (broad SMARTS) is 1. The van der Waals surface area contributed by atoms with Crippen molar-refractivity contribution in [1.82, 2.24) is 4.90 Å². The number of amides is 1. The van der Waals surface area contributed by atoms with E-state index in [1.807, 2.05) is 22.6 Å². The summed E-state index contributed by atoms with van der Waals surface area (Å²) in [6, 6.07) is 3.21. The van der Waals surface area contributed by atoms with Crippen molar-refractivity contribution in [3.8, 4) is 5.75 Å². The van der Waals surface area contributed by atoms with Crippen LogP contribution in [0.1, 0.15) is 32.4 Å². The number of nitrogens with zero attached hydrogens (tertiary/aromatic N) is 1.